The molecule has 3 aromatic rings. The number of hydrogen-bond donors (Lipinski definition) is 1. The Bertz CT molecular complexity index is 1350. The topological polar surface area (TPSA) is 115 Å². The lowest BCUT2D eigenvalue weighted by molar-refractivity contribution is -0.116. The average Bonchev–Trinajstić information content (AvgIpc) is 3.04. The van der Waals surface area contributed by atoms with Crippen molar-refractivity contribution >= 4 is 38.7 Å². The van der Waals surface area contributed by atoms with Crippen LogP contribution in [-0.2, 0) is 24.9 Å². The van der Waals surface area contributed by atoms with E-state index in [0.29, 0.717) is 16.0 Å². The van der Waals surface area contributed by atoms with E-state index in [1.165, 1.54) is 17.7 Å². The zero-order chi connectivity index (χ0) is 21.1. The number of aromatic nitrogens is 4. The quantitative estimate of drug-likeness (QED) is 0.469. The zero-order valence-corrected chi connectivity index (χ0v) is 17.1. The zero-order valence-electron chi connectivity index (χ0n) is 15.6. The predicted octanol–water partition coefficient (Wildman–Crippen LogP) is 1.19. The molecule has 1 amide bonds. The molecule has 0 fully saturated rings. The first-order chi connectivity index (χ1) is 13.9. The minimum Gasteiger partial charge on any atom is -0.324 e. The molecule has 0 saturated heterocycles. The highest BCUT2D eigenvalue weighted by molar-refractivity contribution is 9.10. The van der Waals surface area contributed by atoms with Crippen molar-refractivity contribution in [3.05, 3.63) is 55.4 Å². The fraction of sp³-hybridized carbons (Fsp3) is 0.211. The third-order valence-electron chi connectivity index (χ3n) is 4.18. The number of imidazole rings is 1. The lowest BCUT2D eigenvalue weighted by Gasteiger charge is -2.10. The number of carbonyl (C=O) groups is 1. The van der Waals surface area contributed by atoms with Crippen molar-refractivity contribution in [1.29, 1.82) is 5.26 Å². The van der Waals surface area contributed by atoms with Crippen LogP contribution in [0.2, 0.25) is 0 Å². The molecule has 1 N–H and O–H groups in total. The SMILES string of the molecule is CC#CCn1c(Br)nc2c1c(=O)n(CC(=O)Nc1cccc(C#N)c1)c(=O)n2C. The van der Waals surface area contributed by atoms with Crippen LogP contribution >= 0.6 is 15.9 Å². The summed E-state index contributed by atoms with van der Waals surface area (Å²) in [6.45, 7) is 1.39. The van der Waals surface area contributed by atoms with E-state index in [-0.39, 0.29) is 17.7 Å². The van der Waals surface area contributed by atoms with Crippen molar-refractivity contribution in [2.75, 3.05) is 5.32 Å². The smallest absolute Gasteiger partial charge is 0.324 e. The molecule has 0 aliphatic heterocycles. The number of anilines is 1. The molecule has 2 aromatic heterocycles. The van der Waals surface area contributed by atoms with Gasteiger partial charge in [-0.05, 0) is 41.1 Å². The summed E-state index contributed by atoms with van der Waals surface area (Å²) in [5.74, 6) is 5.02. The lowest BCUT2D eigenvalue weighted by Crippen LogP contribution is -2.42. The summed E-state index contributed by atoms with van der Waals surface area (Å²) in [5, 5.41) is 11.5. The Kier molecular flexibility index (Phi) is 5.66. The molecule has 0 saturated carbocycles. The maximum Gasteiger partial charge on any atom is 0.332 e. The van der Waals surface area contributed by atoms with E-state index in [1.54, 1.807) is 29.7 Å². The molecule has 10 heteroatoms. The van der Waals surface area contributed by atoms with Gasteiger partial charge in [0, 0.05) is 12.7 Å². The first kappa shape index (κ1) is 20.1. The average molecular weight is 455 g/mol. The molecule has 0 unspecified atom stereocenters. The molecule has 0 spiro atoms. The summed E-state index contributed by atoms with van der Waals surface area (Å²) in [4.78, 5) is 42.3. The van der Waals surface area contributed by atoms with Gasteiger partial charge in [0.2, 0.25) is 5.91 Å². The van der Waals surface area contributed by atoms with Gasteiger partial charge in [-0.1, -0.05) is 12.0 Å². The van der Waals surface area contributed by atoms with Gasteiger partial charge in [-0.2, -0.15) is 5.26 Å². The van der Waals surface area contributed by atoms with Crippen LogP contribution in [0.1, 0.15) is 12.5 Å². The van der Waals surface area contributed by atoms with Crippen molar-refractivity contribution in [3.63, 3.8) is 0 Å². The number of benzene rings is 1. The molecule has 0 atom stereocenters. The predicted molar refractivity (Wildman–Crippen MR) is 110 cm³/mol. The fourth-order valence-electron chi connectivity index (χ4n) is 2.80. The maximum atomic E-state index is 13.0. The second-order valence-corrected chi connectivity index (χ2v) is 6.75. The summed E-state index contributed by atoms with van der Waals surface area (Å²) in [6.07, 6.45) is 0. The summed E-state index contributed by atoms with van der Waals surface area (Å²) < 4.78 is 3.95. The summed E-state index contributed by atoms with van der Waals surface area (Å²) >= 11 is 3.28. The Morgan fingerprint density at radius 3 is 2.76 bits per heavy atom. The van der Waals surface area contributed by atoms with E-state index in [4.69, 9.17) is 5.26 Å². The number of aryl methyl sites for hydroxylation is 1. The number of hydrogen-bond acceptors (Lipinski definition) is 5. The van der Waals surface area contributed by atoms with Crippen LogP contribution in [0.25, 0.3) is 11.2 Å². The van der Waals surface area contributed by atoms with E-state index in [2.05, 4.69) is 38.1 Å². The number of fused-ring (bicyclic) bond motifs is 1. The van der Waals surface area contributed by atoms with E-state index in [9.17, 15) is 14.4 Å². The first-order valence-electron chi connectivity index (χ1n) is 8.42. The number of nitriles is 1. The number of carbonyl (C=O) groups excluding carboxylic acids is 1. The standard InChI is InChI=1S/C19H15BrN6O3/c1-3-4-8-25-15-16(23-18(25)20)24(2)19(29)26(17(15)28)11-14(27)22-13-7-5-6-12(9-13)10-21/h5-7,9H,8,11H2,1-2H3,(H,22,27). The van der Waals surface area contributed by atoms with Gasteiger partial charge in [0.05, 0.1) is 18.2 Å². The van der Waals surface area contributed by atoms with Crippen LogP contribution in [0.15, 0.2) is 38.6 Å². The van der Waals surface area contributed by atoms with Gasteiger partial charge in [0.1, 0.15) is 6.54 Å². The molecule has 9 nitrogen and oxygen atoms in total. The highest BCUT2D eigenvalue weighted by Gasteiger charge is 2.20. The molecule has 0 aliphatic carbocycles. The van der Waals surface area contributed by atoms with Crippen LogP contribution in [0, 0.1) is 23.2 Å². The van der Waals surface area contributed by atoms with Crippen LogP contribution in [-0.4, -0.2) is 24.6 Å². The van der Waals surface area contributed by atoms with E-state index in [1.807, 2.05) is 6.07 Å². The minimum atomic E-state index is -0.665. The molecule has 29 heavy (non-hydrogen) atoms. The van der Waals surface area contributed by atoms with Crippen molar-refractivity contribution in [2.24, 2.45) is 7.05 Å². The number of rotatable bonds is 4. The molecular weight excluding hydrogens is 440 g/mol. The highest BCUT2D eigenvalue weighted by atomic mass is 79.9. The van der Waals surface area contributed by atoms with Gasteiger partial charge >= 0.3 is 5.69 Å². The lowest BCUT2D eigenvalue weighted by atomic mass is 10.2. The molecule has 146 valence electrons. The van der Waals surface area contributed by atoms with Gasteiger partial charge < -0.3 is 9.88 Å². The third-order valence-corrected chi connectivity index (χ3v) is 4.78. The second kappa shape index (κ2) is 8.17. The molecule has 0 aliphatic rings. The Morgan fingerprint density at radius 2 is 2.07 bits per heavy atom. The summed E-state index contributed by atoms with van der Waals surface area (Å²) in [7, 11) is 1.48. The highest BCUT2D eigenvalue weighted by Crippen LogP contribution is 2.16. The third kappa shape index (κ3) is 3.84. The van der Waals surface area contributed by atoms with Gasteiger partial charge in [-0.3, -0.25) is 14.2 Å². The van der Waals surface area contributed by atoms with Crippen molar-refractivity contribution in [3.8, 4) is 17.9 Å². The molecule has 3 rings (SSSR count). The Balaban J connectivity index is 2.03. The van der Waals surface area contributed by atoms with Gasteiger partial charge in [0.25, 0.3) is 5.56 Å². The van der Waals surface area contributed by atoms with E-state index < -0.39 is 23.7 Å². The number of nitrogens with one attached hydrogen (secondary N) is 1. The number of amides is 1. The normalized spacial score (nSPS) is 10.3. The largest absolute Gasteiger partial charge is 0.332 e. The molecule has 1 aromatic carbocycles. The molecular formula is C19H15BrN6O3. The van der Waals surface area contributed by atoms with Crippen LogP contribution in [0.5, 0.6) is 0 Å². The second-order valence-electron chi connectivity index (χ2n) is 6.04. The monoisotopic (exact) mass is 454 g/mol. The van der Waals surface area contributed by atoms with Gasteiger partial charge in [0.15, 0.2) is 15.9 Å². The Hall–Kier alpha value is -3.63. The summed E-state index contributed by atoms with van der Waals surface area (Å²) in [6, 6.07) is 8.30. The molecule has 2 heterocycles. The van der Waals surface area contributed by atoms with Crippen molar-refractivity contribution in [1.82, 2.24) is 18.7 Å². The van der Waals surface area contributed by atoms with Gasteiger partial charge in [-0.15, -0.1) is 5.92 Å². The Labute approximate surface area is 173 Å². The van der Waals surface area contributed by atoms with Crippen LogP contribution < -0.4 is 16.6 Å². The minimum absolute atomic E-state index is 0.168. The van der Waals surface area contributed by atoms with Gasteiger partial charge in [-0.25, -0.2) is 14.3 Å². The number of halogens is 1. The van der Waals surface area contributed by atoms with E-state index in [0.717, 1.165) is 4.57 Å². The fourth-order valence-corrected chi connectivity index (χ4v) is 3.27. The number of nitrogens with zero attached hydrogens (tertiary/aromatic N) is 5. The van der Waals surface area contributed by atoms with E-state index >= 15 is 0 Å². The van der Waals surface area contributed by atoms with Crippen LogP contribution in [0.3, 0.4) is 0 Å². The van der Waals surface area contributed by atoms with Crippen LogP contribution in [0.4, 0.5) is 5.69 Å². The molecule has 0 radical (unpaired) electrons. The first-order valence-corrected chi connectivity index (χ1v) is 9.21. The van der Waals surface area contributed by atoms with Crippen molar-refractivity contribution in [2.45, 2.75) is 20.0 Å². The Morgan fingerprint density at radius 1 is 1.31 bits per heavy atom. The van der Waals surface area contributed by atoms with Crippen molar-refractivity contribution < 1.29 is 4.79 Å². The summed E-state index contributed by atoms with van der Waals surface area (Å²) in [5.41, 5.74) is -0.166. The molecule has 0 bridgehead atoms. The maximum absolute atomic E-state index is 13.0.